The maximum atomic E-state index is 12.7. The highest BCUT2D eigenvalue weighted by molar-refractivity contribution is 6.09. The number of nitrogens with zero attached hydrogens (tertiary/aromatic N) is 1. The molecule has 128 valence electrons. The summed E-state index contributed by atoms with van der Waals surface area (Å²) in [6.45, 7) is 5.56. The van der Waals surface area contributed by atoms with E-state index in [-0.39, 0.29) is 18.4 Å². The quantitative estimate of drug-likeness (QED) is 0.665. The van der Waals surface area contributed by atoms with E-state index in [1.807, 2.05) is 31.2 Å². The Bertz CT molecular complexity index is 717. The normalized spacial score (nSPS) is 32.2. The summed E-state index contributed by atoms with van der Waals surface area (Å²) in [7, 11) is 1.48. The summed E-state index contributed by atoms with van der Waals surface area (Å²) >= 11 is 0. The third-order valence-corrected chi connectivity index (χ3v) is 5.23. The Morgan fingerprint density at radius 2 is 1.96 bits per heavy atom. The summed E-state index contributed by atoms with van der Waals surface area (Å²) in [5.74, 6) is -2.42. The fourth-order valence-electron chi connectivity index (χ4n) is 3.95. The van der Waals surface area contributed by atoms with E-state index in [2.05, 4.69) is 5.32 Å². The van der Waals surface area contributed by atoms with Gasteiger partial charge in [-0.25, -0.2) is 0 Å². The summed E-state index contributed by atoms with van der Waals surface area (Å²) in [5.41, 5.74) is 0.721. The molecule has 4 atom stereocenters. The largest absolute Gasteiger partial charge is 0.465 e. The molecule has 2 amide bonds. The molecule has 0 unspecified atom stereocenters. The lowest BCUT2D eigenvalue weighted by atomic mass is 9.80. The fraction of sp³-hybridized carbons (Fsp3) is 0.500. The Balaban J connectivity index is 2.10. The predicted molar refractivity (Wildman–Crippen MR) is 86.9 cm³/mol. The van der Waals surface area contributed by atoms with E-state index in [4.69, 9.17) is 4.74 Å². The number of hydrogen-bond acceptors (Lipinski definition) is 5. The van der Waals surface area contributed by atoms with E-state index in [0.717, 1.165) is 16.0 Å². The molecule has 1 N–H and O–H groups in total. The number of rotatable bonds is 3. The van der Waals surface area contributed by atoms with E-state index in [1.54, 1.807) is 13.8 Å². The first kappa shape index (κ1) is 16.6. The summed E-state index contributed by atoms with van der Waals surface area (Å²) in [6.07, 6.45) is 0. The van der Waals surface area contributed by atoms with Gasteiger partial charge in [0, 0.05) is 13.1 Å². The SMILES string of the molecule is CCOC(=O)[C@]1(C)N[C@@H](c2ccccc2C)[C@H]2C(=O)N(C)C(=O)[C@H]21. The van der Waals surface area contributed by atoms with Gasteiger partial charge < -0.3 is 4.74 Å². The topological polar surface area (TPSA) is 75.7 Å². The van der Waals surface area contributed by atoms with Crippen LogP contribution in [0.1, 0.15) is 31.0 Å². The average molecular weight is 330 g/mol. The minimum atomic E-state index is -1.22. The molecule has 2 heterocycles. The van der Waals surface area contributed by atoms with Crippen LogP contribution in [0.3, 0.4) is 0 Å². The summed E-state index contributed by atoms with van der Waals surface area (Å²) < 4.78 is 5.19. The zero-order chi connectivity index (χ0) is 17.6. The maximum absolute atomic E-state index is 12.7. The van der Waals surface area contributed by atoms with E-state index in [0.29, 0.717) is 0 Å². The molecule has 6 nitrogen and oxygen atoms in total. The van der Waals surface area contributed by atoms with Gasteiger partial charge in [0.1, 0.15) is 5.54 Å². The van der Waals surface area contributed by atoms with Crippen LogP contribution in [0.5, 0.6) is 0 Å². The predicted octanol–water partition coefficient (Wildman–Crippen LogP) is 1.19. The van der Waals surface area contributed by atoms with Gasteiger partial charge in [-0.2, -0.15) is 0 Å². The van der Waals surface area contributed by atoms with Crippen LogP contribution in [-0.4, -0.2) is 41.9 Å². The van der Waals surface area contributed by atoms with Crippen LogP contribution in [0, 0.1) is 18.8 Å². The van der Waals surface area contributed by atoms with Crippen molar-refractivity contribution in [3.8, 4) is 0 Å². The third kappa shape index (κ3) is 2.17. The van der Waals surface area contributed by atoms with Crippen LogP contribution >= 0.6 is 0 Å². The smallest absolute Gasteiger partial charge is 0.326 e. The van der Waals surface area contributed by atoms with Gasteiger partial charge in [0.25, 0.3) is 0 Å². The van der Waals surface area contributed by atoms with Crippen LogP contribution in [0.2, 0.25) is 0 Å². The van der Waals surface area contributed by atoms with Gasteiger partial charge in [0.15, 0.2) is 0 Å². The molecule has 1 aromatic carbocycles. The number of fused-ring (bicyclic) bond motifs is 1. The summed E-state index contributed by atoms with van der Waals surface area (Å²) in [5, 5.41) is 3.25. The van der Waals surface area contributed by atoms with Gasteiger partial charge in [0.2, 0.25) is 11.8 Å². The number of carbonyl (C=O) groups is 3. The van der Waals surface area contributed by atoms with E-state index in [1.165, 1.54) is 7.05 Å². The standard InChI is InChI=1S/C18H22N2O4/c1-5-24-17(23)18(3)13-12(15(21)20(4)16(13)22)14(19-18)11-9-7-6-8-10(11)2/h6-9,12-14,19H,5H2,1-4H3/t12-,13-,14-,18+/m0/s1. The number of hydrogen-bond donors (Lipinski definition) is 1. The minimum Gasteiger partial charge on any atom is -0.465 e. The van der Waals surface area contributed by atoms with Gasteiger partial charge in [-0.05, 0) is 31.9 Å². The van der Waals surface area contributed by atoms with Crippen molar-refractivity contribution in [1.29, 1.82) is 0 Å². The highest BCUT2D eigenvalue weighted by Gasteiger charge is 2.66. The van der Waals surface area contributed by atoms with Crippen LogP contribution < -0.4 is 5.32 Å². The van der Waals surface area contributed by atoms with E-state index < -0.39 is 29.4 Å². The monoisotopic (exact) mass is 330 g/mol. The van der Waals surface area contributed by atoms with Crippen molar-refractivity contribution in [2.24, 2.45) is 11.8 Å². The van der Waals surface area contributed by atoms with Crippen molar-refractivity contribution in [3.63, 3.8) is 0 Å². The van der Waals surface area contributed by atoms with Gasteiger partial charge in [0.05, 0.1) is 18.4 Å². The number of carbonyl (C=O) groups excluding carboxylic acids is 3. The van der Waals surface area contributed by atoms with Crippen molar-refractivity contribution in [1.82, 2.24) is 10.2 Å². The molecule has 0 radical (unpaired) electrons. The first-order valence-corrected chi connectivity index (χ1v) is 8.14. The first-order valence-electron chi connectivity index (χ1n) is 8.14. The second-order valence-electron chi connectivity index (χ2n) is 6.64. The lowest BCUT2D eigenvalue weighted by Crippen LogP contribution is -2.53. The Morgan fingerprint density at radius 1 is 1.29 bits per heavy atom. The molecule has 2 aliphatic heterocycles. The lowest BCUT2D eigenvalue weighted by molar-refractivity contribution is -0.155. The molecule has 0 spiro atoms. The number of aryl methyl sites for hydroxylation is 1. The number of esters is 1. The molecule has 0 aromatic heterocycles. The van der Waals surface area contributed by atoms with Crippen molar-refractivity contribution in [2.75, 3.05) is 13.7 Å². The van der Waals surface area contributed by atoms with Gasteiger partial charge in [-0.15, -0.1) is 0 Å². The second-order valence-corrected chi connectivity index (χ2v) is 6.64. The Kier molecular flexibility index (Phi) is 3.95. The molecule has 0 bridgehead atoms. The van der Waals surface area contributed by atoms with Crippen molar-refractivity contribution < 1.29 is 19.1 Å². The van der Waals surface area contributed by atoms with Crippen molar-refractivity contribution >= 4 is 17.8 Å². The number of ether oxygens (including phenoxy) is 1. The number of benzene rings is 1. The van der Waals surface area contributed by atoms with Gasteiger partial charge >= 0.3 is 5.97 Å². The zero-order valence-corrected chi connectivity index (χ0v) is 14.3. The molecule has 2 saturated heterocycles. The summed E-state index contributed by atoms with van der Waals surface area (Å²) in [6, 6.07) is 7.30. The summed E-state index contributed by atoms with van der Waals surface area (Å²) in [4.78, 5) is 39.0. The Morgan fingerprint density at radius 3 is 2.58 bits per heavy atom. The van der Waals surface area contributed by atoms with Crippen LogP contribution in [0.4, 0.5) is 0 Å². The van der Waals surface area contributed by atoms with E-state index >= 15 is 0 Å². The first-order chi connectivity index (χ1) is 11.3. The third-order valence-electron chi connectivity index (χ3n) is 5.23. The second kappa shape index (κ2) is 5.70. The number of likely N-dealkylation sites (tertiary alicyclic amines) is 1. The molecule has 24 heavy (non-hydrogen) atoms. The molecule has 2 fully saturated rings. The number of nitrogens with one attached hydrogen (secondary N) is 1. The molecule has 0 saturated carbocycles. The minimum absolute atomic E-state index is 0.223. The zero-order valence-electron chi connectivity index (χ0n) is 14.3. The number of imide groups is 1. The molecular formula is C18H22N2O4. The van der Waals surface area contributed by atoms with Gasteiger partial charge in [-0.1, -0.05) is 24.3 Å². The van der Waals surface area contributed by atoms with E-state index in [9.17, 15) is 14.4 Å². The van der Waals surface area contributed by atoms with Crippen LogP contribution in [0.25, 0.3) is 0 Å². The van der Waals surface area contributed by atoms with Crippen molar-refractivity contribution in [3.05, 3.63) is 35.4 Å². The molecule has 6 heteroatoms. The fourth-order valence-corrected chi connectivity index (χ4v) is 3.95. The lowest BCUT2D eigenvalue weighted by Gasteiger charge is -2.28. The molecule has 3 rings (SSSR count). The van der Waals surface area contributed by atoms with Gasteiger partial charge in [-0.3, -0.25) is 24.6 Å². The molecule has 1 aromatic rings. The average Bonchev–Trinajstić information content (AvgIpc) is 2.98. The molecule has 2 aliphatic rings. The Labute approximate surface area is 141 Å². The maximum Gasteiger partial charge on any atom is 0.326 e. The van der Waals surface area contributed by atoms with Crippen LogP contribution in [-0.2, 0) is 19.1 Å². The van der Waals surface area contributed by atoms with Crippen LogP contribution in [0.15, 0.2) is 24.3 Å². The number of amides is 2. The molecular weight excluding hydrogens is 308 g/mol. The Hall–Kier alpha value is -2.21. The molecule has 0 aliphatic carbocycles. The highest BCUT2D eigenvalue weighted by Crippen LogP contribution is 2.49. The van der Waals surface area contributed by atoms with Crippen molar-refractivity contribution in [2.45, 2.75) is 32.4 Å². The highest BCUT2D eigenvalue weighted by atomic mass is 16.5.